The highest BCUT2D eigenvalue weighted by molar-refractivity contribution is 5.78. The van der Waals surface area contributed by atoms with Gasteiger partial charge in [-0.15, -0.1) is 0 Å². The number of hydrogen-bond acceptors (Lipinski definition) is 3. The Labute approximate surface area is 114 Å². The molecule has 0 bridgehead atoms. The molecule has 0 radical (unpaired) electrons. The summed E-state index contributed by atoms with van der Waals surface area (Å²) in [5, 5.41) is 10.4. The van der Waals surface area contributed by atoms with Crippen LogP contribution in [0.4, 0.5) is 0 Å². The summed E-state index contributed by atoms with van der Waals surface area (Å²) < 4.78 is 1.91. The van der Waals surface area contributed by atoms with E-state index in [1.807, 2.05) is 16.9 Å². The molecule has 0 saturated heterocycles. The molecule has 1 aliphatic carbocycles. The van der Waals surface area contributed by atoms with E-state index in [2.05, 4.69) is 15.7 Å². The number of amides is 1. The molecule has 1 aromatic heterocycles. The Morgan fingerprint density at radius 2 is 2.16 bits per heavy atom. The maximum atomic E-state index is 11.7. The minimum Gasteiger partial charge on any atom is -0.352 e. The second kappa shape index (κ2) is 7.94. The standard InChI is InChI=1S/C14H24N4O/c19-14(17-13-6-2-1-3-7-13)12-15-8-4-10-18-11-5-9-16-18/h5,9,11,13,15H,1-4,6-8,10,12H2,(H,17,19). The second-order valence-corrected chi connectivity index (χ2v) is 5.20. The van der Waals surface area contributed by atoms with E-state index >= 15 is 0 Å². The third kappa shape index (κ3) is 5.42. The van der Waals surface area contributed by atoms with Gasteiger partial charge in [0.1, 0.15) is 0 Å². The summed E-state index contributed by atoms with van der Waals surface area (Å²) in [6.07, 6.45) is 10.8. The molecule has 5 heteroatoms. The third-order valence-corrected chi connectivity index (χ3v) is 3.56. The van der Waals surface area contributed by atoms with Gasteiger partial charge in [0.25, 0.3) is 0 Å². The van der Waals surface area contributed by atoms with Crippen molar-refractivity contribution in [2.75, 3.05) is 13.1 Å². The molecule has 1 heterocycles. The van der Waals surface area contributed by atoms with Crippen molar-refractivity contribution in [2.45, 2.75) is 51.1 Å². The fraction of sp³-hybridized carbons (Fsp3) is 0.714. The lowest BCUT2D eigenvalue weighted by atomic mass is 9.95. The second-order valence-electron chi connectivity index (χ2n) is 5.20. The van der Waals surface area contributed by atoms with Gasteiger partial charge in [0.05, 0.1) is 6.54 Å². The first-order valence-electron chi connectivity index (χ1n) is 7.32. The summed E-state index contributed by atoms with van der Waals surface area (Å²) in [6, 6.07) is 2.33. The van der Waals surface area contributed by atoms with E-state index in [1.165, 1.54) is 19.3 Å². The fourth-order valence-corrected chi connectivity index (χ4v) is 2.53. The molecule has 1 aliphatic rings. The number of aromatic nitrogens is 2. The summed E-state index contributed by atoms with van der Waals surface area (Å²) in [6.45, 7) is 2.16. The molecule has 1 amide bonds. The Balaban J connectivity index is 1.49. The van der Waals surface area contributed by atoms with Crippen LogP contribution in [0.1, 0.15) is 38.5 Å². The molecule has 106 valence electrons. The van der Waals surface area contributed by atoms with E-state index in [0.717, 1.165) is 32.4 Å². The van der Waals surface area contributed by atoms with Crippen LogP contribution in [0.25, 0.3) is 0 Å². The summed E-state index contributed by atoms with van der Waals surface area (Å²) in [5.74, 6) is 0.131. The monoisotopic (exact) mass is 264 g/mol. The largest absolute Gasteiger partial charge is 0.352 e. The first-order chi connectivity index (χ1) is 9.34. The predicted octanol–water partition coefficient (Wildman–Crippen LogP) is 1.31. The average molecular weight is 264 g/mol. The molecule has 2 N–H and O–H groups in total. The van der Waals surface area contributed by atoms with Crippen LogP contribution in [0.15, 0.2) is 18.5 Å². The van der Waals surface area contributed by atoms with Gasteiger partial charge in [0, 0.05) is 25.0 Å². The molecule has 19 heavy (non-hydrogen) atoms. The molecule has 1 fully saturated rings. The average Bonchev–Trinajstić information content (AvgIpc) is 2.92. The third-order valence-electron chi connectivity index (χ3n) is 3.56. The lowest BCUT2D eigenvalue weighted by Gasteiger charge is -2.22. The quantitative estimate of drug-likeness (QED) is 0.730. The lowest BCUT2D eigenvalue weighted by Crippen LogP contribution is -2.41. The minimum absolute atomic E-state index is 0.131. The minimum atomic E-state index is 0.131. The summed E-state index contributed by atoms with van der Waals surface area (Å²) in [7, 11) is 0. The molecular weight excluding hydrogens is 240 g/mol. The molecule has 0 spiro atoms. The highest BCUT2D eigenvalue weighted by atomic mass is 16.1. The maximum Gasteiger partial charge on any atom is 0.234 e. The van der Waals surface area contributed by atoms with Crippen LogP contribution in [0, 0.1) is 0 Å². The van der Waals surface area contributed by atoms with Crippen LogP contribution in [-0.2, 0) is 11.3 Å². The Morgan fingerprint density at radius 3 is 2.89 bits per heavy atom. The first kappa shape index (κ1) is 14.1. The van der Waals surface area contributed by atoms with Gasteiger partial charge in [-0.3, -0.25) is 9.48 Å². The van der Waals surface area contributed by atoms with Gasteiger partial charge in [-0.2, -0.15) is 5.10 Å². The Hall–Kier alpha value is -1.36. The van der Waals surface area contributed by atoms with Crippen molar-refractivity contribution in [2.24, 2.45) is 0 Å². The number of nitrogens with zero attached hydrogens (tertiary/aromatic N) is 2. The smallest absolute Gasteiger partial charge is 0.234 e. The number of carbonyl (C=O) groups is 1. The van der Waals surface area contributed by atoms with Crippen molar-refractivity contribution in [1.82, 2.24) is 20.4 Å². The number of hydrogen-bond donors (Lipinski definition) is 2. The van der Waals surface area contributed by atoms with Crippen LogP contribution >= 0.6 is 0 Å². The molecule has 1 aromatic rings. The van der Waals surface area contributed by atoms with Crippen LogP contribution in [-0.4, -0.2) is 34.8 Å². The highest BCUT2D eigenvalue weighted by Gasteiger charge is 2.14. The summed E-state index contributed by atoms with van der Waals surface area (Å²) in [4.78, 5) is 11.7. The van der Waals surface area contributed by atoms with Crippen molar-refractivity contribution in [3.05, 3.63) is 18.5 Å². The van der Waals surface area contributed by atoms with Crippen molar-refractivity contribution >= 4 is 5.91 Å². The topological polar surface area (TPSA) is 59.0 Å². The van der Waals surface area contributed by atoms with Crippen molar-refractivity contribution < 1.29 is 4.79 Å². The normalized spacial score (nSPS) is 16.4. The van der Waals surface area contributed by atoms with Gasteiger partial charge < -0.3 is 10.6 Å². The van der Waals surface area contributed by atoms with E-state index in [4.69, 9.17) is 0 Å². The van der Waals surface area contributed by atoms with Crippen molar-refractivity contribution in [3.8, 4) is 0 Å². The molecule has 0 atom stereocenters. The van der Waals surface area contributed by atoms with Crippen LogP contribution in [0.3, 0.4) is 0 Å². The molecule has 1 saturated carbocycles. The number of nitrogens with one attached hydrogen (secondary N) is 2. The van der Waals surface area contributed by atoms with E-state index in [9.17, 15) is 4.79 Å². The number of carbonyl (C=O) groups excluding carboxylic acids is 1. The van der Waals surface area contributed by atoms with Gasteiger partial charge >= 0.3 is 0 Å². The fourth-order valence-electron chi connectivity index (χ4n) is 2.53. The van der Waals surface area contributed by atoms with Gasteiger partial charge in [0.2, 0.25) is 5.91 Å². The van der Waals surface area contributed by atoms with Crippen LogP contribution in [0.5, 0.6) is 0 Å². The molecule has 0 aliphatic heterocycles. The SMILES string of the molecule is O=C(CNCCCn1cccn1)NC1CCCCC1. The van der Waals surface area contributed by atoms with Crippen LogP contribution < -0.4 is 10.6 Å². The van der Waals surface area contributed by atoms with Gasteiger partial charge in [0.15, 0.2) is 0 Å². The Kier molecular flexibility index (Phi) is 5.88. The zero-order valence-electron chi connectivity index (χ0n) is 11.5. The Morgan fingerprint density at radius 1 is 1.32 bits per heavy atom. The molecule has 0 unspecified atom stereocenters. The summed E-state index contributed by atoms with van der Waals surface area (Å²) in [5.41, 5.74) is 0. The van der Waals surface area contributed by atoms with Gasteiger partial charge in [-0.1, -0.05) is 19.3 Å². The van der Waals surface area contributed by atoms with E-state index in [-0.39, 0.29) is 5.91 Å². The summed E-state index contributed by atoms with van der Waals surface area (Å²) >= 11 is 0. The number of aryl methyl sites for hydroxylation is 1. The number of rotatable bonds is 7. The molecule has 0 aromatic carbocycles. The highest BCUT2D eigenvalue weighted by Crippen LogP contribution is 2.16. The van der Waals surface area contributed by atoms with Gasteiger partial charge in [-0.25, -0.2) is 0 Å². The molecule has 5 nitrogen and oxygen atoms in total. The Bertz CT molecular complexity index is 358. The van der Waals surface area contributed by atoms with E-state index < -0.39 is 0 Å². The zero-order chi connectivity index (χ0) is 13.3. The lowest BCUT2D eigenvalue weighted by molar-refractivity contribution is -0.121. The van der Waals surface area contributed by atoms with Gasteiger partial charge in [-0.05, 0) is 31.9 Å². The van der Waals surface area contributed by atoms with E-state index in [1.54, 1.807) is 6.20 Å². The molecular formula is C14H24N4O. The molecule has 2 rings (SSSR count). The predicted molar refractivity (Wildman–Crippen MR) is 74.7 cm³/mol. The van der Waals surface area contributed by atoms with Crippen LogP contribution in [0.2, 0.25) is 0 Å². The first-order valence-corrected chi connectivity index (χ1v) is 7.32. The maximum absolute atomic E-state index is 11.7. The zero-order valence-corrected chi connectivity index (χ0v) is 11.5. The van der Waals surface area contributed by atoms with E-state index in [0.29, 0.717) is 12.6 Å². The van der Waals surface area contributed by atoms with Crippen molar-refractivity contribution in [1.29, 1.82) is 0 Å². The van der Waals surface area contributed by atoms with Crippen molar-refractivity contribution in [3.63, 3.8) is 0 Å².